The molecule has 2 fully saturated rings. The summed E-state index contributed by atoms with van der Waals surface area (Å²) in [6.07, 6.45) is 5.58. The predicted octanol–water partition coefficient (Wildman–Crippen LogP) is 3.16. The molecule has 2 aliphatic carbocycles. The Morgan fingerprint density at radius 2 is 2.10 bits per heavy atom. The molecule has 0 aromatic carbocycles. The number of ether oxygens (including phenoxy) is 1. The molecule has 2 saturated carbocycles. The fraction of sp³-hybridized carbons (Fsp3) is 0.786. The van der Waals surface area contributed by atoms with Crippen molar-refractivity contribution in [2.24, 2.45) is 17.8 Å². The number of aromatic nitrogens is 3. The zero-order valence-corrected chi connectivity index (χ0v) is 12.7. The Morgan fingerprint density at radius 1 is 1.25 bits per heavy atom. The Morgan fingerprint density at radius 3 is 2.75 bits per heavy atom. The van der Waals surface area contributed by atoms with Crippen molar-refractivity contribution in [3.05, 3.63) is 5.28 Å². The van der Waals surface area contributed by atoms with Gasteiger partial charge < -0.3 is 10.1 Å². The summed E-state index contributed by atoms with van der Waals surface area (Å²) in [5.74, 6) is 3.10. The molecule has 20 heavy (non-hydrogen) atoms. The number of anilines is 1. The fourth-order valence-corrected chi connectivity index (χ4v) is 3.68. The highest BCUT2D eigenvalue weighted by atomic mass is 35.5. The summed E-state index contributed by atoms with van der Waals surface area (Å²) in [5, 5.41) is 3.47. The van der Waals surface area contributed by atoms with E-state index in [9.17, 15) is 0 Å². The van der Waals surface area contributed by atoms with Gasteiger partial charge in [-0.2, -0.15) is 15.0 Å². The van der Waals surface area contributed by atoms with Gasteiger partial charge in [0.05, 0.1) is 6.10 Å². The van der Waals surface area contributed by atoms with Crippen molar-refractivity contribution >= 4 is 17.5 Å². The SMILES string of the molecule is CC(C)Oc1nc(Cl)nc(NCC2CC3CCC2C3)n1. The summed E-state index contributed by atoms with van der Waals surface area (Å²) < 4.78 is 5.47. The van der Waals surface area contributed by atoms with Crippen LogP contribution in [-0.4, -0.2) is 27.6 Å². The highest BCUT2D eigenvalue weighted by Gasteiger charge is 2.39. The molecule has 0 aliphatic heterocycles. The summed E-state index contributed by atoms with van der Waals surface area (Å²) in [6.45, 7) is 4.78. The Kier molecular flexibility index (Phi) is 3.96. The molecule has 110 valence electrons. The summed E-state index contributed by atoms with van der Waals surface area (Å²) in [6, 6.07) is 0.287. The lowest BCUT2D eigenvalue weighted by atomic mass is 9.89. The summed E-state index contributed by atoms with van der Waals surface area (Å²) in [7, 11) is 0. The largest absolute Gasteiger partial charge is 0.461 e. The third-order valence-corrected chi connectivity index (χ3v) is 4.50. The van der Waals surface area contributed by atoms with Crippen LogP contribution in [0.3, 0.4) is 0 Å². The quantitative estimate of drug-likeness (QED) is 0.904. The minimum Gasteiger partial charge on any atom is -0.461 e. The van der Waals surface area contributed by atoms with Gasteiger partial charge in [0.1, 0.15) is 0 Å². The molecule has 2 aliphatic rings. The topological polar surface area (TPSA) is 59.9 Å². The van der Waals surface area contributed by atoms with Crippen LogP contribution in [0, 0.1) is 17.8 Å². The van der Waals surface area contributed by atoms with E-state index in [1.165, 1.54) is 25.7 Å². The molecule has 0 amide bonds. The first-order valence-corrected chi connectivity index (χ1v) is 7.80. The van der Waals surface area contributed by atoms with Crippen molar-refractivity contribution in [1.29, 1.82) is 0 Å². The van der Waals surface area contributed by atoms with Gasteiger partial charge in [-0.3, -0.25) is 0 Å². The Bertz CT molecular complexity index is 482. The maximum atomic E-state index is 5.91. The van der Waals surface area contributed by atoms with E-state index in [2.05, 4.69) is 20.3 Å². The van der Waals surface area contributed by atoms with Crippen LogP contribution >= 0.6 is 11.6 Å². The lowest BCUT2D eigenvalue weighted by Crippen LogP contribution is -2.21. The highest BCUT2D eigenvalue weighted by Crippen LogP contribution is 2.48. The van der Waals surface area contributed by atoms with Crippen LogP contribution in [0.4, 0.5) is 5.95 Å². The average Bonchev–Trinajstić information content (AvgIpc) is 2.96. The minimum atomic E-state index is 0.0203. The zero-order valence-electron chi connectivity index (χ0n) is 12.0. The Labute approximate surface area is 124 Å². The van der Waals surface area contributed by atoms with Gasteiger partial charge in [0.2, 0.25) is 11.2 Å². The van der Waals surface area contributed by atoms with Crippen LogP contribution in [0.25, 0.3) is 0 Å². The predicted molar refractivity (Wildman–Crippen MR) is 78.0 cm³/mol. The van der Waals surface area contributed by atoms with Gasteiger partial charge in [0.15, 0.2) is 0 Å². The van der Waals surface area contributed by atoms with E-state index >= 15 is 0 Å². The lowest BCUT2D eigenvalue weighted by molar-refractivity contribution is 0.222. The van der Waals surface area contributed by atoms with Gasteiger partial charge in [-0.05, 0) is 62.5 Å². The number of fused-ring (bicyclic) bond motifs is 2. The van der Waals surface area contributed by atoms with Crippen molar-refractivity contribution in [2.75, 3.05) is 11.9 Å². The van der Waals surface area contributed by atoms with Crippen LogP contribution < -0.4 is 10.1 Å². The van der Waals surface area contributed by atoms with E-state index < -0.39 is 0 Å². The van der Waals surface area contributed by atoms with Gasteiger partial charge in [0, 0.05) is 6.54 Å². The van der Waals surface area contributed by atoms with Crippen LogP contribution in [0.2, 0.25) is 5.28 Å². The molecule has 1 heterocycles. The first kappa shape index (κ1) is 13.9. The maximum absolute atomic E-state index is 5.91. The van der Waals surface area contributed by atoms with E-state index in [4.69, 9.17) is 16.3 Å². The minimum absolute atomic E-state index is 0.0203. The molecule has 6 heteroatoms. The van der Waals surface area contributed by atoms with Crippen LogP contribution in [0.1, 0.15) is 39.5 Å². The third-order valence-electron chi connectivity index (χ3n) is 4.34. The second-order valence-electron chi connectivity index (χ2n) is 6.19. The normalized spacial score (nSPS) is 28.1. The molecule has 3 atom stereocenters. The van der Waals surface area contributed by atoms with Crippen LogP contribution in [0.5, 0.6) is 6.01 Å². The molecule has 1 aromatic heterocycles. The smallest absolute Gasteiger partial charge is 0.322 e. The summed E-state index contributed by atoms with van der Waals surface area (Å²) in [5.41, 5.74) is 0. The molecule has 0 radical (unpaired) electrons. The molecular formula is C14H21ClN4O. The van der Waals surface area contributed by atoms with Crippen molar-refractivity contribution in [3.8, 4) is 6.01 Å². The van der Waals surface area contributed by atoms with Crippen molar-refractivity contribution in [3.63, 3.8) is 0 Å². The molecule has 2 bridgehead atoms. The standard InChI is InChI=1S/C14H21ClN4O/c1-8(2)20-14-18-12(15)17-13(19-14)16-7-11-6-9-3-4-10(11)5-9/h8-11H,3-7H2,1-2H3,(H,16,17,18,19). The zero-order chi connectivity index (χ0) is 14.1. The molecule has 0 saturated heterocycles. The van der Waals surface area contributed by atoms with E-state index in [0.717, 1.165) is 24.3 Å². The summed E-state index contributed by atoms with van der Waals surface area (Å²) >= 11 is 5.91. The average molecular weight is 297 g/mol. The van der Waals surface area contributed by atoms with Gasteiger partial charge in [-0.25, -0.2) is 0 Å². The number of nitrogens with zero attached hydrogens (tertiary/aromatic N) is 3. The highest BCUT2D eigenvalue weighted by molar-refractivity contribution is 6.28. The molecule has 3 unspecified atom stereocenters. The summed E-state index contributed by atoms with van der Waals surface area (Å²) in [4.78, 5) is 12.3. The van der Waals surface area contributed by atoms with E-state index in [1.54, 1.807) is 0 Å². The monoisotopic (exact) mass is 296 g/mol. The number of nitrogens with one attached hydrogen (secondary N) is 1. The molecule has 5 nitrogen and oxygen atoms in total. The molecule has 1 N–H and O–H groups in total. The van der Waals surface area contributed by atoms with Crippen molar-refractivity contribution in [1.82, 2.24) is 15.0 Å². The van der Waals surface area contributed by atoms with Gasteiger partial charge in [0.25, 0.3) is 0 Å². The van der Waals surface area contributed by atoms with Crippen LogP contribution in [0.15, 0.2) is 0 Å². The fourth-order valence-electron chi connectivity index (χ4n) is 3.52. The first-order valence-electron chi connectivity index (χ1n) is 7.42. The van der Waals surface area contributed by atoms with Crippen molar-refractivity contribution in [2.45, 2.75) is 45.6 Å². The molecular weight excluding hydrogens is 276 g/mol. The molecule has 1 aromatic rings. The van der Waals surface area contributed by atoms with Gasteiger partial charge >= 0.3 is 6.01 Å². The van der Waals surface area contributed by atoms with E-state index in [1.807, 2.05) is 13.8 Å². The molecule has 0 spiro atoms. The maximum Gasteiger partial charge on any atom is 0.322 e. The van der Waals surface area contributed by atoms with Gasteiger partial charge in [-0.15, -0.1) is 0 Å². The second-order valence-corrected chi connectivity index (χ2v) is 6.53. The number of hydrogen-bond acceptors (Lipinski definition) is 5. The number of hydrogen-bond donors (Lipinski definition) is 1. The third kappa shape index (κ3) is 3.14. The van der Waals surface area contributed by atoms with Crippen molar-refractivity contribution < 1.29 is 4.74 Å². The van der Waals surface area contributed by atoms with E-state index in [0.29, 0.717) is 5.95 Å². The van der Waals surface area contributed by atoms with Gasteiger partial charge in [-0.1, -0.05) is 6.42 Å². The first-order chi connectivity index (χ1) is 9.60. The number of rotatable bonds is 5. The van der Waals surface area contributed by atoms with Crippen LogP contribution in [-0.2, 0) is 0 Å². The van der Waals surface area contributed by atoms with E-state index in [-0.39, 0.29) is 17.4 Å². The Balaban J connectivity index is 1.60. The number of halogens is 1. The Hall–Kier alpha value is -1.10. The molecule has 3 rings (SSSR count). The second kappa shape index (κ2) is 5.72. The lowest BCUT2D eigenvalue weighted by Gasteiger charge is -2.21.